The molecule has 2 aliphatic rings. The van der Waals surface area contributed by atoms with E-state index >= 15 is 0 Å². The van der Waals surface area contributed by atoms with Gasteiger partial charge in [-0.1, -0.05) is 18.0 Å². The van der Waals surface area contributed by atoms with Gasteiger partial charge < -0.3 is 5.32 Å². The van der Waals surface area contributed by atoms with Crippen LogP contribution in [0.2, 0.25) is 5.02 Å². The van der Waals surface area contributed by atoms with Crippen LogP contribution in [0, 0.1) is 11.8 Å². The number of nitrogens with one attached hydrogen (secondary N) is 1. The van der Waals surface area contributed by atoms with E-state index in [2.05, 4.69) is 5.32 Å². The summed E-state index contributed by atoms with van der Waals surface area (Å²) in [4.78, 5) is 0. The second-order valence-electron chi connectivity index (χ2n) is 5.62. The van der Waals surface area contributed by atoms with Crippen LogP contribution in [-0.4, -0.2) is 6.04 Å². The Hall–Kier alpha value is -0.900. The fraction of sp³-hybridized carbons (Fsp3) is 0.571. The van der Waals surface area contributed by atoms with Crippen LogP contribution in [0.5, 0.6) is 0 Å². The van der Waals surface area contributed by atoms with Gasteiger partial charge in [-0.3, -0.25) is 0 Å². The zero-order chi connectivity index (χ0) is 13.6. The van der Waals surface area contributed by atoms with Gasteiger partial charge in [0.15, 0.2) is 0 Å². The quantitative estimate of drug-likeness (QED) is 0.811. The van der Waals surface area contributed by atoms with Crippen molar-refractivity contribution >= 4 is 17.3 Å². The average molecular weight is 290 g/mol. The third kappa shape index (κ3) is 2.55. The monoisotopic (exact) mass is 289 g/mol. The molecule has 0 radical (unpaired) electrons. The maximum Gasteiger partial charge on any atom is 0.417 e. The van der Waals surface area contributed by atoms with E-state index in [9.17, 15) is 13.2 Å². The van der Waals surface area contributed by atoms with Crippen molar-refractivity contribution in [2.45, 2.75) is 37.9 Å². The smallest absolute Gasteiger partial charge is 0.382 e. The van der Waals surface area contributed by atoms with Crippen LogP contribution in [0.3, 0.4) is 0 Å². The number of hydrogen-bond donors (Lipinski definition) is 1. The summed E-state index contributed by atoms with van der Waals surface area (Å²) in [5.41, 5.74) is -0.239. The molecule has 1 aromatic carbocycles. The van der Waals surface area contributed by atoms with Gasteiger partial charge in [-0.05, 0) is 49.3 Å². The molecule has 3 unspecified atom stereocenters. The maximum absolute atomic E-state index is 12.8. The second kappa shape index (κ2) is 4.58. The third-order valence-corrected chi connectivity index (χ3v) is 4.69. The molecule has 0 aliphatic heterocycles. The van der Waals surface area contributed by atoms with E-state index < -0.39 is 11.7 Å². The predicted molar refractivity (Wildman–Crippen MR) is 69.3 cm³/mol. The summed E-state index contributed by atoms with van der Waals surface area (Å²) < 4.78 is 38.3. The summed E-state index contributed by atoms with van der Waals surface area (Å²) in [5.74, 6) is 1.38. The first kappa shape index (κ1) is 13.1. The van der Waals surface area contributed by atoms with Crippen molar-refractivity contribution in [1.29, 1.82) is 0 Å². The van der Waals surface area contributed by atoms with Crippen LogP contribution in [0.15, 0.2) is 18.2 Å². The summed E-state index contributed by atoms with van der Waals surface area (Å²) in [6.45, 7) is 0. The molecular formula is C14H15ClF3N. The standard InChI is InChI=1S/C14H15ClF3N/c15-12-4-3-10(7-11(12)14(16,17)18)19-13-6-8-1-2-9(13)5-8/h3-4,7-9,13,19H,1-2,5-6H2. The number of halogens is 4. The van der Waals surface area contributed by atoms with Gasteiger partial charge >= 0.3 is 6.18 Å². The Kier molecular flexibility index (Phi) is 3.16. The molecule has 2 aliphatic carbocycles. The average Bonchev–Trinajstić information content (AvgIpc) is 2.92. The Morgan fingerprint density at radius 2 is 1.95 bits per heavy atom. The number of rotatable bonds is 2. The predicted octanol–water partition coefficient (Wildman–Crippen LogP) is 4.96. The van der Waals surface area contributed by atoms with Gasteiger partial charge in [0.25, 0.3) is 0 Å². The lowest BCUT2D eigenvalue weighted by Gasteiger charge is -2.24. The fourth-order valence-electron chi connectivity index (χ4n) is 3.47. The first-order valence-corrected chi connectivity index (χ1v) is 6.94. The van der Waals surface area contributed by atoms with Crippen molar-refractivity contribution < 1.29 is 13.2 Å². The van der Waals surface area contributed by atoms with E-state index in [1.807, 2.05) is 0 Å². The van der Waals surface area contributed by atoms with Gasteiger partial charge in [0, 0.05) is 11.7 Å². The summed E-state index contributed by atoms with van der Waals surface area (Å²) in [6, 6.07) is 4.39. The van der Waals surface area contributed by atoms with Crippen LogP contribution in [0.1, 0.15) is 31.2 Å². The van der Waals surface area contributed by atoms with Crippen molar-refractivity contribution in [3.8, 4) is 0 Å². The lowest BCUT2D eigenvalue weighted by molar-refractivity contribution is -0.137. The molecule has 1 aromatic rings. The minimum atomic E-state index is -4.40. The van der Waals surface area contributed by atoms with Crippen LogP contribution < -0.4 is 5.32 Å². The zero-order valence-corrected chi connectivity index (χ0v) is 11.1. The van der Waals surface area contributed by atoms with Gasteiger partial charge in [-0.15, -0.1) is 0 Å². The molecule has 5 heteroatoms. The molecule has 2 saturated carbocycles. The van der Waals surface area contributed by atoms with E-state index in [-0.39, 0.29) is 5.02 Å². The molecule has 1 nitrogen and oxygen atoms in total. The topological polar surface area (TPSA) is 12.0 Å². The van der Waals surface area contributed by atoms with Crippen molar-refractivity contribution in [3.05, 3.63) is 28.8 Å². The molecule has 3 rings (SSSR count). The molecule has 104 valence electrons. The van der Waals surface area contributed by atoms with Crippen LogP contribution in [-0.2, 0) is 6.18 Å². The maximum atomic E-state index is 12.8. The highest BCUT2D eigenvalue weighted by molar-refractivity contribution is 6.31. The lowest BCUT2D eigenvalue weighted by Crippen LogP contribution is -2.26. The van der Waals surface area contributed by atoms with Gasteiger partial charge in [-0.25, -0.2) is 0 Å². The lowest BCUT2D eigenvalue weighted by atomic mass is 9.95. The largest absolute Gasteiger partial charge is 0.417 e. The zero-order valence-electron chi connectivity index (χ0n) is 10.3. The van der Waals surface area contributed by atoms with E-state index in [1.165, 1.54) is 25.3 Å². The minimum Gasteiger partial charge on any atom is -0.382 e. The molecule has 0 saturated heterocycles. The molecule has 3 atom stereocenters. The Bertz CT molecular complexity index is 486. The van der Waals surface area contributed by atoms with Crippen molar-refractivity contribution in [3.63, 3.8) is 0 Å². The number of anilines is 1. The number of alkyl halides is 3. The Morgan fingerprint density at radius 1 is 1.16 bits per heavy atom. The molecule has 19 heavy (non-hydrogen) atoms. The number of benzene rings is 1. The fourth-order valence-corrected chi connectivity index (χ4v) is 3.69. The summed E-state index contributed by atoms with van der Waals surface area (Å²) >= 11 is 5.61. The summed E-state index contributed by atoms with van der Waals surface area (Å²) in [5, 5.41) is 3.01. The summed E-state index contributed by atoms with van der Waals surface area (Å²) in [7, 11) is 0. The first-order valence-electron chi connectivity index (χ1n) is 6.57. The highest BCUT2D eigenvalue weighted by Gasteiger charge is 2.39. The molecular weight excluding hydrogens is 275 g/mol. The van der Waals surface area contributed by atoms with Crippen molar-refractivity contribution in [2.75, 3.05) is 5.32 Å². The van der Waals surface area contributed by atoms with E-state index in [4.69, 9.17) is 11.6 Å². The van der Waals surface area contributed by atoms with Gasteiger partial charge in [0.1, 0.15) is 0 Å². The Morgan fingerprint density at radius 3 is 2.53 bits per heavy atom. The molecule has 0 spiro atoms. The molecule has 1 N–H and O–H groups in total. The normalized spacial score (nSPS) is 29.8. The molecule has 2 fully saturated rings. The SMILES string of the molecule is FC(F)(F)c1cc(NC2CC3CCC2C3)ccc1Cl. The molecule has 0 heterocycles. The highest BCUT2D eigenvalue weighted by atomic mass is 35.5. The Labute approximate surface area is 115 Å². The van der Waals surface area contributed by atoms with E-state index in [1.54, 1.807) is 6.07 Å². The van der Waals surface area contributed by atoms with Crippen molar-refractivity contribution in [2.24, 2.45) is 11.8 Å². The Balaban J connectivity index is 1.78. The minimum absolute atomic E-state index is 0.244. The molecule has 0 aromatic heterocycles. The van der Waals surface area contributed by atoms with Gasteiger partial charge in [0.2, 0.25) is 0 Å². The molecule has 0 amide bonds. The van der Waals surface area contributed by atoms with E-state index in [0.717, 1.165) is 18.4 Å². The van der Waals surface area contributed by atoms with Gasteiger partial charge in [0.05, 0.1) is 10.6 Å². The highest BCUT2D eigenvalue weighted by Crippen LogP contribution is 2.46. The third-order valence-electron chi connectivity index (χ3n) is 4.36. The summed E-state index contributed by atoms with van der Waals surface area (Å²) in [6.07, 6.45) is 0.370. The molecule has 2 bridgehead atoms. The van der Waals surface area contributed by atoms with E-state index in [0.29, 0.717) is 17.6 Å². The second-order valence-corrected chi connectivity index (χ2v) is 6.03. The van der Waals surface area contributed by atoms with Crippen molar-refractivity contribution in [1.82, 2.24) is 0 Å². The number of hydrogen-bond acceptors (Lipinski definition) is 1. The van der Waals surface area contributed by atoms with Crippen LogP contribution in [0.25, 0.3) is 0 Å². The van der Waals surface area contributed by atoms with Crippen LogP contribution >= 0.6 is 11.6 Å². The first-order chi connectivity index (χ1) is 8.93. The number of fused-ring (bicyclic) bond motifs is 2. The van der Waals surface area contributed by atoms with Gasteiger partial charge in [-0.2, -0.15) is 13.2 Å². The van der Waals surface area contributed by atoms with Crippen LogP contribution in [0.4, 0.5) is 18.9 Å².